The molecule has 0 aliphatic rings. The Kier molecular flexibility index (Phi) is 5.59. The van der Waals surface area contributed by atoms with Crippen molar-refractivity contribution in [3.05, 3.63) is 0 Å². The quantitative estimate of drug-likeness (QED) is 0.519. The van der Waals surface area contributed by atoms with Crippen molar-refractivity contribution < 1.29 is 4.79 Å². The van der Waals surface area contributed by atoms with Crippen molar-refractivity contribution in [2.75, 3.05) is 0 Å². The number of hydrogen-bond donors (Lipinski definition) is 0. The van der Waals surface area contributed by atoms with Gasteiger partial charge < -0.3 is 4.79 Å². The fraction of sp³-hybridized carbons (Fsp3) is 0.875. The number of hydrogen-bond acceptors (Lipinski definition) is 1. The molecule has 0 saturated carbocycles. The lowest BCUT2D eigenvalue weighted by molar-refractivity contribution is -0.108. The number of aldehydes is 1. The van der Waals surface area contributed by atoms with E-state index in [1.54, 1.807) is 0 Å². The van der Waals surface area contributed by atoms with Crippen molar-refractivity contribution in [2.45, 2.75) is 39.5 Å². The van der Waals surface area contributed by atoms with Crippen LogP contribution in [-0.4, -0.2) is 6.29 Å². The van der Waals surface area contributed by atoms with Crippen LogP contribution in [0.25, 0.3) is 0 Å². The summed E-state index contributed by atoms with van der Waals surface area (Å²) in [7, 11) is 0. The summed E-state index contributed by atoms with van der Waals surface area (Å²) >= 11 is 0. The highest BCUT2D eigenvalue weighted by atomic mass is 16.1. The summed E-state index contributed by atoms with van der Waals surface area (Å²) in [4.78, 5) is 9.98. The van der Waals surface area contributed by atoms with E-state index < -0.39 is 0 Å². The van der Waals surface area contributed by atoms with Gasteiger partial charge in [0.05, 0.1) is 0 Å². The second kappa shape index (κ2) is 5.80. The Morgan fingerprint density at radius 3 is 2.67 bits per heavy atom. The summed E-state index contributed by atoms with van der Waals surface area (Å²) in [5, 5.41) is 0. The summed E-state index contributed by atoms with van der Waals surface area (Å²) in [5.74, 6) is 0.599. The summed E-state index contributed by atoms with van der Waals surface area (Å²) in [6, 6.07) is 0. The highest BCUT2D eigenvalue weighted by Gasteiger charge is 1.97. The van der Waals surface area contributed by atoms with E-state index >= 15 is 0 Å². The van der Waals surface area contributed by atoms with E-state index in [0.29, 0.717) is 5.92 Å². The molecule has 0 spiro atoms. The molecule has 0 aliphatic heterocycles. The molecular weight excluding hydrogens is 112 g/mol. The smallest absolute Gasteiger partial charge is 0.120 e. The fourth-order valence-corrected chi connectivity index (χ4v) is 0.835. The second-order valence-electron chi connectivity index (χ2n) is 2.65. The van der Waals surface area contributed by atoms with Crippen LogP contribution in [0.4, 0.5) is 0 Å². The summed E-state index contributed by atoms with van der Waals surface area (Å²) < 4.78 is 0. The average Bonchev–Trinajstić information content (AvgIpc) is 1.85. The molecule has 0 radical (unpaired) electrons. The monoisotopic (exact) mass is 128 g/mol. The van der Waals surface area contributed by atoms with Gasteiger partial charge in [0.25, 0.3) is 0 Å². The van der Waals surface area contributed by atoms with E-state index in [1.807, 2.05) is 0 Å². The zero-order valence-corrected chi connectivity index (χ0v) is 6.39. The van der Waals surface area contributed by atoms with Gasteiger partial charge in [-0.05, 0) is 5.92 Å². The lowest BCUT2D eigenvalue weighted by Crippen LogP contribution is -1.94. The zero-order valence-electron chi connectivity index (χ0n) is 6.39. The normalized spacial score (nSPS) is 13.1. The molecule has 0 amide bonds. The summed E-state index contributed by atoms with van der Waals surface area (Å²) in [5.41, 5.74) is 0. The standard InChI is InChI=1S/C8H16O/c1-3-4-5-8(2)6-7-9/h7-8H,3-6H2,1-2H3/t8-/m1/s1. The van der Waals surface area contributed by atoms with Crippen molar-refractivity contribution in [3.63, 3.8) is 0 Å². The highest BCUT2D eigenvalue weighted by Crippen LogP contribution is 2.09. The van der Waals surface area contributed by atoms with E-state index in [0.717, 1.165) is 12.7 Å². The molecule has 0 aromatic heterocycles. The maximum Gasteiger partial charge on any atom is 0.120 e. The molecule has 54 valence electrons. The molecule has 0 unspecified atom stereocenters. The van der Waals surface area contributed by atoms with Crippen LogP contribution < -0.4 is 0 Å². The predicted octanol–water partition coefficient (Wildman–Crippen LogP) is 2.40. The third-order valence-corrected chi connectivity index (χ3v) is 1.55. The number of unbranched alkanes of at least 4 members (excludes halogenated alkanes) is 1. The molecule has 0 rings (SSSR count). The van der Waals surface area contributed by atoms with E-state index in [4.69, 9.17) is 0 Å². The van der Waals surface area contributed by atoms with Gasteiger partial charge >= 0.3 is 0 Å². The van der Waals surface area contributed by atoms with Gasteiger partial charge in [-0.15, -0.1) is 0 Å². The number of rotatable bonds is 5. The van der Waals surface area contributed by atoms with E-state index in [9.17, 15) is 4.79 Å². The highest BCUT2D eigenvalue weighted by molar-refractivity contribution is 5.49. The Morgan fingerprint density at radius 1 is 1.56 bits per heavy atom. The third-order valence-electron chi connectivity index (χ3n) is 1.55. The van der Waals surface area contributed by atoms with Gasteiger partial charge in [-0.25, -0.2) is 0 Å². The molecule has 0 heterocycles. The molecule has 0 bridgehead atoms. The lowest BCUT2D eigenvalue weighted by atomic mass is 10.0. The van der Waals surface area contributed by atoms with Crippen LogP contribution in [0, 0.1) is 5.92 Å². The van der Waals surface area contributed by atoms with Crippen molar-refractivity contribution in [2.24, 2.45) is 5.92 Å². The van der Waals surface area contributed by atoms with Gasteiger partial charge in [-0.1, -0.05) is 33.1 Å². The maximum absolute atomic E-state index is 9.98. The Morgan fingerprint density at radius 2 is 2.22 bits per heavy atom. The van der Waals surface area contributed by atoms with E-state index in [-0.39, 0.29) is 0 Å². The minimum absolute atomic E-state index is 0.599. The summed E-state index contributed by atoms with van der Waals surface area (Å²) in [6.45, 7) is 4.30. The van der Waals surface area contributed by atoms with Gasteiger partial charge in [-0.2, -0.15) is 0 Å². The average molecular weight is 128 g/mol. The van der Waals surface area contributed by atoms with Crippen molar-refractivity contribution in [1.82, 2.24) is 0 Å². The first-order valence-corrected chi connectivity index (χ1v) is 3.74. The Balaban J connectivity index is 3.04. The van der Waals surface area contributed by atoms with Crippen LogP contribution in [0.2, 0.25) is 0 Å². The van der Waals surface area contributed by atoms with Gasteiger partial charge in [0.2, 0.25) is 0 Å². The summed E-state index contributed by atoms with van der Waals surface area (Å²) in [6.07, 6.45) is 5.45. The zero-order chi connectivity index (χ0) is 7.11. The molecule has 1 nitrogen and oxygen atoms in total. The number of carbonyl (C=O) groups is 1. The van der Waals surface area contributed by atoms with E-state index in [1.165, 1.54) is 19.3 Å². The van der Waals surface area contributed by atoms with Gasteiger partial charge in [-0.3, -0.25) is 0 Å². The van der Waals surface area contributed by atoms with Crippen LogP contribution in [-0.2, 0) is 4.79 Å². The van der Waals surface area contributed by atoms with Gasteiger partial charge in [0.15, 0.2) is 0 Å². The maximum atomic E-state index is 9.98. The largest absolute Gasteiger partial charge is 0.303 e. The minimum Gasteiger partial charge on any atom is -0.303 e. The molecule has 9 heavy (non-hydrogen) atoms. The van der Waals surface area contributed by atoms with Crippen molar-refractivity contribution in [1.29, 1.82) is 0 Å². The lowest BCUT2D eigenvalue weighted by Gasteiger charge is -2.03. The SMILES string of the molecule is CCCC[C@@H](C)CC=O. The molecule has 0 N–H and O–H groups in total. The van der Waals surface area contributed by atoms with Crippen LogP contribution >= 0.6 is 0 Å². The molecule has 0 fully saturated rings. The first kappa shape index (κ1) is 8.67. The topological polar surface area (TPSA) is 17.1 Å². The van der Waals surface area contributed by atoms with Crippen LogP contribution in [0.5, 0.6) is 0 Å². The van der Waals surface area contributed by atoms with Crippen LogP contribution in [0.1, 0.15) is 39.5 Å². The molecular formula is C8H16O. The number of carbonyl (C=O) groups excluding carboxylic acids is 1. The van der Waals surface area contributed by atoms with Crippen LogP contribution in [0.3, 0.4) is 0 Å². The second-order valence-corrected chi connectivity index (χ2v) is 2.65. The van der Waals surface area contributed by atoms with Crippen LogP contribution in [0.15, 0.2) is 0 Å². The third kappa shape index (κ3) is 5.54. The fourth-order valence-electron chi connectivity index (χ4n) is 0.835. The molecule has 0 aromatic rings. The molecule has 0 saturated heterocycles. The van der Waals surface area contributed by atoms with Crippen molar-refractivity contribution in [3.8, 4) is 0 Å². The van der Waals surface area contributed by atoms with E-state index in [2.05, 4.69) is 13.8 Å². The Hall–Kier alpha value is -0.330. The first-order chi connectivity index (χ1) is 4.31. The van der Waals surface area contributed by atoms with Crippen molar-refractivity contribution >= 4 is 6.29 Å². The van der Waals surface area contributed by atoms with Gasteiger partial charge in [0.1, 0.15) is 6.29 Å². The molecule has 1 atom stereocenters. The molecule has 1 heteroatoms. The Bertz CT molecular complexity index is 69.0. The first-order valence-electron chi connectivity index (χ1n) is 3.74. The predicted molar refractivity (Wildman–Crippen MR) is 39.4 cm³/mol. The minimum atomic E-state index is 0.599. The molecule has 0 aliphatic carbocycles. The van der Waals surface area contributed by atoms with Gasteiger partial charge in [0, 0.05) is 6.42 Å². The Labute approximate surface area is 57.5 Å². The molecule has 0 aromatic carbocycles.